The van der Waals surface area contributed by atoms with Crippen molar-refractivity contribution < 1.29 is 23.4 Å². The van der Waals surface area contributed by atoms with Crippen LogP contribution < -0.4 is 0 Å². The zero-order valence-electron chi connectivity index (χ0n) is 22.2. The van der Waals surface area contributed by atoms with Gasteiger partial charge in [0.25, 0.3) is 0 Å². The maximum Gasteiger partial charge on any atom is 0.416 e. The number of aliphatic hydroxyl groups is 2. The average molecular weight is 487 g/mol. The third kappa shape index (κ3) is 4.27. The molecule has 5 heteroatoms. The van der Waals surface area contributed by atoms with Crippen LogP contribution in [0.15, 0.2) is 0 Å². The van der Waals surface area contributed by atoms with Crippen LogP contribution in [0.5, 0.6) is 0 Å². The lowest BCUT2D eigenvalue weighted by Crippen LogP contribution is -2.56. The number of fused-ring (bicyclic) bond motifs is 5. The van der Waals surface area contributed by atoms with E-state index in [1.165, 1.54) is 32.1 Å². The van der Waals surface area contributed by atoms with Gasteiger partial charge in [-0.2, -0.15) is 13.2 Å². The van der Waals surface area contributed by atoms with Crippen LogP contribution in [0.25, 0.3) is 0 Å². The fourth-order valence-electron chi connectivity index (χ4n) is 9.76. The zero-order chi connectivity index (χ0) is 25.2. The number of hydrogen-bond donors (Lipinski definition) is 2. The fourth-order valence-corrected chi connectivity index (χ4v) is 9.76. The minimum absolute atomic E-state index is 0.196. The maximum absolute atomic E-state index is 13.3. The Hall–Kier alpha value is -0.290. The van der Waals surface area contributed by atoms with E-state index in [1.54, 1.807) is 0 Å². The Morgan fingerprint density at radius 2 is 1.59 bits per heavy atom. The van der Waals surface area contributed by atoms with Gasteiger partial charge in [-0.15, -0.1) is 0 Å². The molecule has 0 saturated heterocycles. The van der Waals surface area contributed by atoms with Crippen LogP contribution in [0.3, 0.4) is 0 Å². The molecule has 2 nitrogen and oxygen atoms in total. The van der Waals surface area contributed by atoms with E-state index in [2.05, 4.69) is 27.7 Å². The summed E-state index contributed by atoms with van der Waals surface area (Å²) in [6, 6.07) is 0. The van der Waals surface area contributed by atoms with Crippen molar-refractivity contribution in [2.45, 2.75) is 135 Å². The summed E-state index contributed by atoms with van der Waals surface area (Å²) >= 11 is 0. The molecule has 0 bridgehead atoms. The normalized spacial score (nSPS) is 47.3. The molecular formula is C29H49F3O2. The smallest absolute Gasteiger partial charge is 0.390 e. The summed E-state index contributed by atoms with van der Waals surface area (Å²) in [6.45, 7) is 10.2. The standard InChI is InChI=1S/C29H49F3O2/c1-6-19(12-15-27(5,33)29(30,31)32)22-10-11-23-21-9-8-20-18-28(34,7-2)17-16-25(20,3)24(21)13-14-26(22,23)4/h19-24,33-34H,6-18H2,1-5H3/t19-,20+,21+,22-,23+,24+,25+,26-,27+,28+/m1/s1. The highest BCUT2D eigenvalue weighted by Gasteiger charge is 2.61. The molecule has 10 atom stereocenters. The quantitative estimate of drug-likeness (QED) is 0.400. The maximum atomic E-state index is 13.3. The molecule has 4 aliphatic carbocycles. The zero-order valence-corrected chi connectivity index (χ0v) is 22.2. The van der Waals surface area contributed by atoms with E-state index in [4.69, 9.17) is 0 Å². The fraction of sp³-hybridized carbons (Fsp3) is 1.00. The molecule has 4 saturated carbocycles. The molecule has 0 spiro atoms. The van der Waals surface area contributed by atoms with Crippen LogP contribution in [0, 0.1) is 46.3 Å². The van der Waals surface area contributed by atoms with E-state index >= 15 is 0 Å². The molecule has 4 rings (SSSR count). The Morgan fingerprint density at radius 1 is 0.912 bits per heavy atom. The monoisotopic (exact) mass is 486 g/mol. The molecule has 0 amide bonds. The second-order valence-corrected chi connectivity index (χ2v) is 13.6. The van der Waals surface area contributed by atoms with E-state index in [9.17, 15) is 23.4 Å². The van der Waals surface area contributed by atoms with Gasteiger partial charge in [-0.3, -0.25) is 0 Å². The lowest BCUT2D eigenvalue weighted by Gasteiger charge is -2.62. The molecule has 0 aliphatic heterocycles. The third-order valence-corrected chi connectivity index (χ3v) is 12.3. The van der Waals surface area contributed by atoms with E-state index in [0.717, 1.165) is 57.3 Å². The summed E-state index contributed by atoms with van der Waals surface area (Å²) in [7, 11) is 0. The Kier molecular flexibility index (Phi) is 7.02. The van der Waals surface area contributed by atoms with Crippen molar-refractivity contribution in [2.75, 3.05) is 0 Å². The van der Waals surface area contributed by atoms with Crippen LogP contribution in [0.4, 0.5) is 13.2 Å². The van der Waals surface area contributed by atoms with Crippen molar-refractivity contribution in [3.8, 4) is 0 Å². The molecule has 34 heavy (non-hydrogen) atoms. The number of hydrogen-bond acceptors (Lipinski definition) is 2. The molecule has 0 aromatic carbocycles. The molecule has 4 fully saturated rings. The molecule has 0 heterocycles. The van der Waals surface area contributed by atoms with Crippen LogP contribution >= 0.6 is 0 Å². The van der Waals surface area contributed by atoms with Gasteiger partial charge in [0.15, 0.2) is 5.60 Å². The van der Waals surface area contributed by atoms with Crippen molar-refractivity contribution in [1.82, 2.24) is 0 Å². The largest absolute Gasteiger partial charge is 0.416 e. The van der Waals surface area contributed by atoms with Crippen molar-refractivity contribution in [1.29, 1.82) is 0 Å². The predicted octanol–water partition coefficient (Wildman–Crippen LogP) is 7.91. The first-order valence-corrected chi connectivity index (χ1v) is 14.2. The molecule has 2 N–H and O–H groups in total. The van der Waals surface area contributed by atoms with Crippen LogP contribution in [0.1, 0.15) is 118 Å². The summed E-state index contributed by atoms with van der Waals surface area (Å²) < 4.78 is 39.8. The Bertz CT molecular complexity index is 735. The van der Waals surface area contributed by atoms with Gasteiger partial charge >= 0.3 is 6.18 Å². The van der Waals surface area contributed by atoms with Gasteiger partial charge in [-0.05, 0) is 130 Å². The van der Waals surface area contributed by atoms with Crippen molar-refractivity contribution >= 4 is 0 Å². The molecule has 0 aromatic heterocycles. The van der Waals surface area contributed by atoms with E-state index in [1.807, 2.05) is 0 Å². The second kappa shape index (κ2) is 8.92. The highest BCUT2D eigenvalue weighted by molar-refractivity contribution is 5.11. The topological polar surface area (TPSA) is 40.5 Å². The Morgan fingerprint density at radius 3 is 2.21 bits per heavy atom. The Balaban J connectivity index is 1.48. The first-order valence-electron chi connectivity index (χ1n) is 14.2. The van der Waals surface area contributed by atoms with Crippen molar-refractivity contribution in [2.24, 2.45) is 46.3 Å². The van der Waals surface area contributed by atoms with Crippen LogP contribution in [0.2, 0.25) is 0 Å². The minimum atomic E-state index is -4.57. The number of rotatable bonds is 6. The van der Waals surface area contributed by atoms with Crippen molar-refractivity contribution in [3.05, 3.63) is 0 Å². The second-order valence-electron chi connectivity index (χ2n) is 13.6. The predicted molar refractivity (Wildman–Crippen MR) is 130 cm³/mol. The molecule has 0 unspecified atom stereocenters. The summed E-state index contributed by atoms with van der Waals surface area (Å²) in [5.41, 5.74) is -2.51. The first-order chi connectivity index (χ1) is 15.7. The summed E-state index contributed by atoms with van der Waals surface area (Å²) in [4.78, 5) is 0. The summed E-state index contributed by atoms with van der Waals surface area (Å²) in [5, 5.41) is 21.1. The highest BCUT2D eigenvalue weighted by Crippen LogP contribution is 2.69. The summed E-state index contributed by atoms with van der Waals surface area (Å²) in [6.07, 6.45) is 7.74. The van der Waals surface area contributed by atoms with E-state index in [0.29, 0.717) is 29.6 Å². The van der Waals surface area contributed by atoms with Gasteiger partial charge in [-0.25, -0.2) is 0 Å². The molecule has 198 valence electrons. The van der Waals surface area contributed by atoms with Gasteiger partial charge in [0.05, 0.1) is 5.60 Å². The third-order valence-electron chi connectivity index (χ3n) is 12.3. The molecule has 0 radical (unpaired) electrons. The van der Waals surface area contributed by atoms with Gasteiger partial charge < -0.3 is 10.2 Å². The Labute approximate surface area is 205 Å². The van der Waals surface area contributed by atoms with E-state index < -0.39 is 17.4 Å². The van der Waals surface area contributed by atoms with Gasteiger partial charge in [0.1, 0.15) is 0 Å². The molecule has 4 aliphatic rings. The van der Waals surface area contributed by atoms with Gasteiger partial charge in [0.2, 0.25) is 0 Å². The minimum Gasteiger partial charge on any atom is -0.390 e. The first kappa shape index (κ1) is 26.8. The van der Waals surface area contributed by atoms with E-state index in [-0.39, 0.29) is 17.8 Å². The lowest BCUT2D eigenvalue weighted by molar-refractivity contribution is -0.256. The SMILES string of the molecule is CC[C@H](CC[C@](C)(O)C(F)(F)F)[C@H]1CC[C@H]2[C@@H]3CC[C@H]4C[C@](O)(CC)CC[C@]4(C)[C@H]3CC[C@]12C. The number of halogens is 3. The van der Waals surface area contributed by atoms with Crippen LogP contribution in [-0.2, 0) is 0 Å². The van der Waals surface area contributed by atoms with Gasteiger partial charge in [0, 0.05) is 0 Å². The highest BCUT2D eigenvalue weighted by atomic mass is 19.4. The van der Waals surface area contributed by atoms with Gasteiger partial charge in [-0.1, -0.05) is 34.1 Å². The van der Waals surface area contributed by atoms with Crippen LogP contribution in [-0.4, -0.2) is 27.6 Å². The summed E-state index contributed by atoms with van der Waals surface area (Å²) in [5.74, 6) is 3.49. The molecule has 0 aromatic rings. The number of alkyl halides is 3. The lowest BCUT2D eigenvalue weighted by atomic mass is 9.43. The average Bonchev–Trinajstić information content (AvgIpc) is 3.11. The molecular weight excluding hydrogens is 437 g/mol. The van der Waals surface area contributed by atoms with Crippen molar-refractivity contribution in [3.63, 3.8) is 0 Å².